The number of fused-ring (bicyclic) bond motifs is 1. The maximum Gasteiger partial charge on any atom is 0.251 e. The summed E-state index contributed by atoms with van der Waals surface area (Å²) >= 11 is 0. The zero-order valence-corrected chi connectivity index (χ0v) is 11.7. The molecule has 0 aliphatic heterocycles. The molecular weight excluding hydrogens is 254 g/mol. The number of rotatable bonds is 5. The minimum atomic E-state index is -0.160. The third-order valence-corrected chi connectivity index (χ3v) is 2.93. The molecule has 0 unspecified atom stereocenters. The number of hydrogen-bond donors (Lipinski definition) is 3. The van der Waals surface area contributed by atoms with Crippen LogP contribution in [0.25, 0.3) is 10.9 Å². The molecule has 3 N–H and O–H groups in total. The van der Waals surface area contributed by atoms with Crippen LogP contribution in [0.15, 0.2) is 30.5 Å². The van der Waals surface area contributed by atoms with Gasteiger partial charge in [-0.2, -0.15) is 0 Å². The molecule has 2 amide bonds. The van der Waals surface area contributed by atoms with E-state index in [1.54, 1.807) is 12.3 Å². The Hall–Kier alpha value is -2.30. The topological polar surface area (TPSA) is 74.0 Å². The van der Waals surface area contributed by atoms with Crippen molar-refractivity contribution in [2.75, 3.05) is 6.54 Å². The Morgan fingerprint density at radius 2 is 2.05 bits per heavy atom. The highest BCUT2D eigenvalue weighted by molar-refractivity contribution is 6.06. The maximum absolute atomic E-state index is 12.1. The van der Waals surface area contributed by atoms with Gasteiger partial charge in [-0.05, 0) is 32.0 Å². The first kappa shape index (κ1) is 14.1. The molecule has 5 heteroatoms. The Bertz CT molecular complexity index is 616. The fourth-order valence-corrected chi connectivity index (χ4v) is 2.06. The van der Waals surface area contributed by atoms with Crippen LogP contribution in [0.2, 0.25) is 0 Å². The van der Waals surface area contributed by atoms with Crippen LogP contribution in [0.1, 0.15) is 30.6 Å². The summed E-state index contributed by atoms with van der Waals surface area (Å²) in [4.78, 5) is 26.6. The van der Waals surface area contributed by atoms with Gasteiger partial charge in [-0.3, -0.25) is 9.59 Å². The van der Waals surface area contributed by atoms with Gasteiger partial charge in [0.1, 0.15) is 0 Å². The minimum absolute atomic E-state index is 0.0554. The Labute approximate surface area is 117 Å². The first-order valence-electron chi connectivity index (χ1n) is 6.71. The van der Waals surface area contributed by atoms with Crippen LogP contribution >= 0.6 is 0 Å². The molecule has 2 aromatic rings. The van der Waals surface area contributed by atoms with Crippen LogP contribution in [0, 0.1) is 0 Å². The summed E-state index contributed by atoms with van der Waals surface area (Å²) in [7, 11) is 0. The van der Waals surface area contributed by atoms with Gasteiger partial charge in [-0.25, -0.2) is 0 Å². The normalized spacial score (nSPS) is 10.8. The van der Waals surface area contributed by atoms with E-state index >= 15 is 0 Å². The van der Waals surface area contributed by atoms with Crippen LogP contribution in [0.3, 0.4) is 0 Å². The zero-order chi connectivity index (χ0) is 14.5. The number of carbonyl (C=O) groups excluding carboxylic acids is 2. The molecule has 0 aliphatic rings. The van der Waals surface area contributed by atoms with Crippen molar-refractivity contribution in [3.63, 3.8) is 0 Å². The predicted molar refractivity (Wildman–Crippen MR) is 78.5 cm³/mol. The van der Waals surface area contributed by atoms with E-state index in [1.807, 2.05) is 32.0 Å². The Morgan fingerprint density at radius 1 is 1.25 bits per heavy atom. The summed E-state index contributed by atoms with van der Waals surface area (Å²) in [6, 6.07) is 7.52. The second-order valence-electron chi connectivity index (χ2n) is 4.97. The highest BCUT2D eigenvalue weighted by Gasteiger charge is 2.10. The molecule has 0 bridgehead atoms. The van der Waals surface area contributed by atoms with Gasteiger partial charge in [-0.15, -0.1) is 0 Å². The van der Waals surface area contributed by atoms with Gasteiger partial charge in [0.2, 0.25) is 5.91 Å². The van der Waals surface area contributed by atoms with Crippen molar-refractivity contribution in [3.05, 3.63) is 36.0 Å². The Balaban J connectivity index is 1.92. The van der Waals surface area contributed by atoms with Crippen molar-refractivity contribution in [1.82, 2.24) is 15.6 Å². The van der Waals surface area contributed by atoms with Gasteiger partial charge >= 0.3 is 0 Å². The second-order valence-corrected chi connectivity index (χ2v) is 4.97. The van der Waals surface area contributed by atoms with Crippen LogP contribution in [0.4, 0.5) is 0 Å². The van der Waals surface area contributed by atoms with E-state index in [4.69, 9.17) is 0 Å². The van der Waals surface area contributed by atoms with Gasteiger partial charge in [0.05, 0.1) is 0 Å². The second kappa shape index (κ2) is 6.23. The summed E-state index contributed by atoms with van der Waals surface area (Å²) in [5.41, 5.74) is 1.54. The molecule has 0 aliphatic carbocycles. The highest BCUT2D eigenvalue weighted by Crippen LogP contribution is 2.16. The average Bonchev–Trinajstić information content (AvgIpc) is 2.85. The summed E-state index contributed by atoms with van der Waals surface area (Å²) in [5, 5.41) is 6.44. The third-order valence-electron chi connectivity index (χ3n) is 2.93. The highest BCUT2D eigenvalue weighted by atomic mass is 16.2. The van der Waals surface area contributed by atoms with Crippen molar-refractivity contribution in [1.29, 1.82) is 0 Å². The lowest BCUT2D eigenvalue weighted by Crippen LogP contribution is -2.34. The lowest BCUT2D eigenvalue weighted by Gasteiger charge is -2.09. The number of carbonyl (C=O) groups is 2. The largest absolute Gasteiger partial charge is 0.361 e. The van der Waals surface area contributed by atoms with E-state index in [-0.39, 0.29) is 24.3 Å². The molecule has 106 valence electrons. The molecule has 0 saturated carbocycles. The first-order chi connectivity index (χ1) is 9.58. The van der Waals surface area contributed by atoms with E-state index in [9.17, 15) is 9.59 Å². The molecule has 1 aromatic heterocycles. The summed E-state index contributed by atoms with van der Waals surface area (Å²) in [6.45, 7) is 4.14. The molecule has 0 spiro atoms. The molecule has 2 rings (SSSR count). The number of hydrogen-bond acceptors (Lipinski definition) is 2. The summed E-state index contributed by atoms with van der Waals surface area (Å²) in [6.07, 6.45) is 2.09. The minimum Gasteiger partial charge on any atom is -0.361 e. The fraction of sp³-hybridized carbons (Fsp3) is 0.333. The molecule has 0 fully saturated rings. The van der Waals surface area contributed by atoms with E-state index in [2.05, 4.69) is 15.6 Å². The van der Waals surface area contributed by atoms with Crippen LogP contribution in [-0.4, -0.2) is 29.4 Å². The number of H-pyrrole nitrogens is 1. The van der Waals surface area contributed by atoms with Crippen LogP contribution in [-0.2, 0) is 4.79 Å². The molecule has 0 saturated heterocycles. The van der Waals surface area contributed by atoms with E-state index in [1.165, 1.54) is 0 Å². The molecule has 1 aromatic carbocycles. The zero-order valence-electron chi connectivity index (χ0n) is 11.7. The first-order valence-corrected chi connectivity index (χ1v) is 6.71. The summed E-state index contributed by atoms with van der Waals surface area (Å²) < 4.78 is 0. The van der Waals surface area contributed by atoms with Gasteiger partial charge in [-0.1, -0.05) is 6.07 Å². The van der Waals surface area contributed by atoms with Gasteiger partial charge in [0.25, 0.3) is 5.91 Å². The molecule has 0 radical (unpaired) electrons. The monoisotopic (exact) mass is 273 g/mol. The van der Waals surface area contributed by atoms with Crippen molar-refractivity contribution < 1.29 is 9.59 Å². The number of nitrogens with one attached hydrogen (secondary N) is 3. The van der Waals surface area contributed by atoms with Crippen molar-refractivity contribution >= 4 is 22.7 Å². The average molecular weight is 273 g/mol. The van der Waals surface area contributed by atoms with Gasteiger partial charge < -0.3 is 15.6 Å². The number of aromatic nitrogens is 1. The van der Waals surface area contributed by atoms with Gasteiger partial charge in [0.15, 0.2) is 0 Å². The van der Waals surface area contributed by atoms with Gasteiger partial charge in [0, 0.05) is 41.7 Å². The summed E-state index contributed by atoms with van der Waals surface area (Å²) in [5.74, 6) is -0.215. The number of benzene rings is 1. The number of aromatic amines is 1. The quantitative estimate of drug-likeness (QED) is 0.777. The van der Waals surface area contributed by atoms with E-state index in [0.717, 1.165) is 10.9 Å². The fourth-order valence-electron chi connectivity index (χ4n) is 2.06. The SMILES string of the molecule is CC(C)NC(=O)CCNC(=O)c1cccc2[nH]ccc12. The third kappa shape index (κ3) is 3.38. The molecule has 20 heavy (non-hydrogen) atoms. The molecular formula is C15H19N3O2. The van der Waals surface area contributed by atoms with Crippen molar-refractivity contribution in [2.45, 2.75) is 26.3 Å². The maximum atomic E-state index is 12.1. The van der Waals surface area contributed by atoms with Crippen LogP contribution in [0.5, 0.6) is 0 Å². The lowest BCUT2D eigenvalue weighted by molar-refractivity contribution is -0.121. The van der Waals surface area contributed by atoms with Crippen molar-refractivity contribution in [2.24, 2.45) is 0 Å². The Morgan fingerprint density at radius 3 is 2.80 bits per heavy atom. The smallest absolute Gasteiger partial charge is 0.251 e. The predicted octanol–water partition coefficient (Wildman–Crippen LogP) is 1.81. The van der Waals surface area contributed by atoms with E-state index < -0.39 is 0 Å². The molecule has 1 heterocycles. The standard InChI is InChI=1S/C15H19N3O2/c1-10(2)18-14(19)7-9-17-15(20)12-4-3-5-13-11(12)6-8-16-13/h3-6,8,10,16H,7,9H2,1-2H3,(H,17,20)(H,18,19). The van der Waals surface area contributed by atoms with Crippen LogP contribution < -0.4 is 10.6 Å². The number of amides is 2. The molecule has 5 nitrogen and oxygen atoms in total. The van der Waals surface area contributed by atoms with Crippen molar-refractivity contribution in [3.8, 4) is 0 Å². The lowest BCUT2D eigenvalue weighted by atomic mass is 10.1. The van der Waals surface area contributed by atoms with E-state index in [0.29, 0.717) is 12.1 Å². The Kier molecular flexibility index (Phi) is 4.40. The molecule has 0 atom stereocenters.